The molecule has 0 bridgehead atoms. The maximum absolute atomic E-state index is 13.0. The zero-order chi connectivity index (χ0) is 15.9. The summed E-state index contributed by atoms with van der Waals surface area (Å²) in [6.45, 7) is 1.52. The number of hydrogen-bond acceptors (Lipinski definition) is 4. The quantitative estimate of drug-likeness (QED) is 0.505. The van der Waals surface area contributed by atoms with Crippen molar-refractivity contribution in [2.24, 2.45) is 5.10 Å². The summed E-state index contributed by atoms with van der Waals surface area (Å²) in [7, 11) is 0. The average molecular weight is 301 g/mol. The molecule has 3 N–H and O–H groups in total. The Bertz CT molecular complexity index is 684. The maximum atomic E-state index is 13.0. The van der Waals surface area contributed by atoms with E-state index in [4.69, 9.17) is 10.5 Å². The lowest BCUT2D eigenvalue weighted by atomic mass is 10.1. The number of anilines is 1. The molecule has 0 aliphatic heterocycles. The molecule has 0 heterocycles. The molecule has 0 unspecified atom stereocenters. The van der Waals surface area contributed by atoms with Gasteiger partial charge in [-0.25, -0.2) is 9.82 Å². The molecule has 0 radical (unpaired) electrons. The third kappa shape index (κ3) is 4.59. The fourth-order valence-corrected chi connectivity index (χ4v) is 1.67. The Kier molecular flexibility index (Phi) is 5.08. The number of halogens is 1. The van der Waals surface area contributed by atoms with Crippen molar-refractivity contribution in [2.45, 2.75) is 6.92 Å². The minimum Gasteiger partial charge on any atom is -0.484 e. The third-order valence-electron chi connectivity index (χ3n) is 2.84. The van der Waals surface area contributed by atoms with Gasteiger partial charge >= 0.3 is 0 Å². The van der Waals surface area contributed by atoms with E-state index >= 15 is 0 Å². The molecule has 1 amide bonds. The highest BCUT2D eigenvalue weighted by Crippen LogP contribution is 2.11. The summed E-state index contributed by atoms with van der Waals surface area (Å²) in [5, 5.41) is 3.98. The van der Waals surface area contributed by atoms with E-state index in [1.807, 2.05) is 12.1 Å². The van der Waals surface area contributed by atoms with Gasteiger partial charge in [0.2, 0.25) is 0 Å². The summed E-state index contributed by atoms with van der Waals surface area (Å²) in [5.74, 6) is -0.566. The fraction of sp³-hybridized carbons (Fsp3) is 0.125. The molecule has 0 aromatic heterocycles. The molecule has 6 heteroatoms. The molecule has 0 saturated carbocycles. The number of nitrogens with two attached hydrogens (primary N) is 1. The number of nitrogens with one attached hydrogen (secondary N) is 1. The second kappa shape index (κ2) is 7.21. The van der Waals surface area contributed by atoms with Gasteiger partial charge in [-0.15, -0.1) is 0 Å². The molecule has 0 saturated heterocycles. The Morgan fingerprint density at radius 1 is 1.27 bits per heavy atom. The van der Waals surface area contributed by atoms with Crippen LogP contribution in [0.2, 0.25) is 0 Å². The largest absolute Gasteiger partial charge is 0.484 e. The summed E-state index contributed by atoms with van der Waals surface area (Å²) in [4.78, 5) is 11.6. The Balaban J connectivity index is 1.86. The number of nitrogen functional groups attached to an aromatic ring is 1. The number of hydrazone groups is 1. The van der Waals surface area contributed by atoms with E-state index in [1.54, 1.807) is 25.1 Å². The summed E-state index contributed by atoms with van der Waals surface area (Å²) >= 11 is 0. The molecule has 114 valence electrons. The zero-order valence-corrected chi connectivity index (χ0v) is 12.0. The Hall–Kier alpha value is -2.89. The number of carbonyl (C=O) groups is 1. The van der Waals surface area contributed by atoms with Crippen molar-refractivity contribution in [3.8, 4) is 5.75 Å². The third-order valence-corrected chi connectivity index (χ3v) is 2.84. The Morgan fingerprint density at radius 2 is 2.00 bits per heavy atom. The highest BCUT2D eigenvalue weighted by Gasteiger charge is 2.03. The van der Waals surface area contributed by atoms with Crippen LogP contribution >= 0.6 is 0 Å². The van der Waals surface area contributed by atoms with Crippen LogP contribution in [0.1, 0.15) is 12.5 Å². The molecule has 0 fully saturated rings. The predicted molar refractivity (Wildman–Crippen MR) is 83.1 cm³/mol. The van der Waals surface area contributed by atoms with Crippen LogP contribution in [0.15, 0.2) is 53.6 Å². The number of hydrogen-bond donors (Lipinski definition) is 2. The van der Waals surface area contributed by atoms with Crippen LogP contribution in [-0.4, -0.2) is 18.2 Å². The molecule has 2 aromatic carbocycles. The van der Waals surface area contributed by atoms with Gasteiger partial charge in [0.05, 0.1) is 5.71 Å². The van der Waals surface area contributed by atoms with Crippen LogP contribution in [0.4, 0.5) is 10.1 Å². The van der Waals surface area contributed by atoms with Crippen molar-refractivity contribution in [1.29, 1.82) is 0 Å². The van der Waals surface area contributed by atoms with Gasteiger partial charge in [0.15, 0.2) is 6.61 Å². The normalized spacial score (nSPS) is 11.1. The first-order valence-corrected chi connectivity index (χ1v) is 6.62. The molecule has 2 rings (SSSR count). The molecule has 0 aliphatic rings. The molecule has 22 heavy (non-hydrogen) atoms. The minimum absolute atomic E-state index is 0.248. The van der Waals surface area contributed by atoms with Gasteiger partial charge < -0.3 is 10.5 Å². The van der Waals surface area contributed by atoms with Gasteiger partial charge in [0, 0.05) is 11.8 Å². The van der Waals surface area contributed by atoms with Gasteiger partial charge in [-0.3, -0.25) is 4.79 Å². The number of amides is 1. The molecule has 5 nitrogen and oxygen atoms in total. The molecular formula is C16H16FN3O2. The van der Waals surface area contributed by atoms with Gasteiger partial charge in [-0.1, -0.05) is 18.2 Å². The number of nitrogens with zero attached hydrogens (tertiary/aromatic N) is 1. The lowest BCUT2D eigenvalue weighted by molar-refractivity contribution is -0.123. The second-order valence-corrected chi connectivity index (χ2v) is 4.60. The molecule has 2 aromatic rings. The summed E-state index contributed by atoms with van der Waals surface area (Å²) in [6, 6.07) is 12.7. The monoisotopic (exact) mass is 301 g/mol. The SMILES string of the molecule is C/C(=N/NC(=O)COc1cccc(F)c1)c1ccc(N)cc1. The first-order chi connectivity index (χ1) is 10.5. The van der Waals surface area contributed by atoms with E-state index in [-0.39, 0.29) is 12.4 Å². The predicted octanol–water partition coefficient (Wildman–Crippen LogP) is 2.33. The molecule has 0 aliphatic carbocycles. The topological polar surface area (TPSA) is 76.7 Å². The Morgan fingerprint density at radius 3 is 2.68 bits per heavy atom. The van der Waals surface area contributed by atoms with E-state index in [9.17, 15) is 9.18 Å². The van der Waals surface area contributed by atoms with E-state index < -0.39 is 11.7 Å². The highest BCUT2D eigenvalue weighted by molar-refractivity contribution is 5.99. The van der Waals surface area contributed by atoms with Crippen LogP contribution < -0.4 is 15.9 Å². The minimum atomic E-state index is -0.431. The van der Waals surface area contributed by atoms with E-state index in [1.165, 1.54) is 18.2 Å². The summed E-state index contributed by atoms with van der Waals surface area (Å²) < 4.78 is 18.1. The van der Waals surface area contributed by atoms with Crippen LogP contribution in [0.25, 0.3) is 0 Å². The van der Waals surface area contributed by atoms with Crippen molar-refractivity contribution < 1.29 is 13.9 Å². The van der Waals surface area contributed by atoms with E-state index in [2.05, 4.69) is 10.5 Å². The number of ether oxygens (including phenoxy) is 1. The van der Waals surface area contributed by atoms with Gasteiger partial charge in [0.1, 0.15) is 11.6 Å². The Labute approximate surface area is 127 Å². The average Bonchev–Trinajstić information content (AvgIpc) is 2.51. The number of benzene rings is 2. The first-order valence-electron chi connectivity index (χ1n) is 6.62. The van der Waals surface area contributed by atoms with Crippen molar-refractivity contribution in [1.82, 2.24) is 5.43 Å². The van der Waals surface area contributed by atoms with Gasteiger partial charge in [0.25, 0.3) is 5.91 Å². The zero-order valence-electron chi connectivity index (χ0n) is 12.0. The molecule has 0 atom stereocenters. The standard InChI is InChI=1S/C16H16FN3O2/c1-11(12-5-7-14(18)8-6-12)19-20-16(21)10-22-15-4-2-3-13(17)9-15/h2-9H,10,18H2,1H3,(H,20,21)/b19-11-. The van der Waals surface area contributed by atoms with Gasteiger partial charge in [-0.2, -0.15) is 5.10 Å². The summed E-state index contributed by atoms with van der Waals surface area (Å²) in [6.07, 6.45) is 0. The molecular weight excluding hydrogens is 285 g/mol. The fourth-order valence-electron chi connectivity index (χ4n) is 1.67. The van der Waals surface area contributed by atoms with Gasteiger partial charge in [-0.05, 0) is 36.8 Å². The van der Waals surface area contributed by atoms with E-state index in [0.717, 1.165) is 5.56 Å². The molecule has 0 spiro atoms. The van der Waals surface area contributed by atoms with Crippen LogP contribution in [0.5, 0.6) is 5.75 Å². The number of carbonyl (C=O) groups excluding carboxylic acids is 1. The second-order valence-electron chi connectivity index (χ2n) is 4.60. The smallest absolute Gasteiger partial charge is 0.277 e. The van der Waals surface area contributed by atoms with Crippen LogP contribution in [0.3, 0.4) is 0 Å². The van der Waals surface area contributed by atoms with Crippen molar-refractivity contribution in [3.05, 3.63) is 59.9 Å². The summed E-state index contributed by atoms with van der Waals surface area (Å²) in [5.41, 5.74) is 10.1. The number of rotatable bonds is 5. The van der Waals surface area contributed by atoms with E-state index in [0.29, 0.717) is 11.4 Å². The van der Waals surface area contributed by atoms with Crippen molar-refractivity contribution in [3.63, 3.8) is 0 Å². The van der Waals surface area contributed by atoms with Crippen LogP contribution in [0, 0.1) is 5.82 Å². The van der Waals surface area contributed by atoms with Crippen LogP contribution in [-0.2, 0) is 4.79 Å². The lowest BCUT2D eigenvalue weighted by Gasteiger charge is -2.06. The maximum Gasteiger partial charge on any atom is 0.277 e. The first kappa shape index (κ1) is 15.5. The highest BCUT2D eigenvalue weighted by atomic mass is 19.1. The lowest BCUT2D eigenvalue weighted by Crippen LogP contribution is -2.25. The van der Waals surface area contributed by atoms with Crippen molar-refractivity contribution in [2.75, 3.05) is 12.3 Å². The van der Waals surface area contributed by atoms with Crippen molar-refractivity contribution >= 4 is 17.3 Å².